The lowest BCUT2D eigenvalue weighted by atomic mass is 9.67. The van der Waals surface area contributed by atoms with E-state index in [1.54, 1.807) is 24.3 Å². The molecule has 125 heavy (non-hydrogen) atoms. The number of halogens is 2. The molecular formula is C118H78F2N2O3. The molecule has 2 aliphatic carbocycles. The van der Waals surface area contributed by atoms with Crippen LogP contribution in [-0.4, -0.2) is 0 Å². The molecule has 592 valence electrons. The van der Waals surface area contributed by atoms with E-state index in [9.17, 15) is 0 Å². The third-order valence-corrected chi connectivity index (χ3v) is 25.2. The van der Waals surface area contributed by atoms with Crippen LogP contribution in [0.5, 0.6) is 23.0 Å². The van der Waals surface area contributed by atoms with Gasteiger partial charge in [0.25, 0.3) is 0 Å². The van der Waals surface area contributed by atoms with E-state index < -0.39 is 10.8 Å². The third-order valence-electron chi connectivity index (χ3n) is 25.2. The molecule has 1 heterocycles. The van der Waals surface area contributed by atoms with Crippen LogP contribution < -0.4 is 19.3 Å². The number of benzene rings is 19. The van der Waals surface area contributed by atoms with Crippen LogP contribution in [0.2, 0.25) is 0 Å². The molecule has 0 spiro atoms. The Kier molecular flexibility index (Phi) is 18.7. The van der Waals surface area contributed by atoms with Crippen molar-refractivity contribution in [1.82, 2.24) is 0 Å². The topological polar surface area (TPSA) is 38.1 Å². The van der Waals surface area contributed by atoms with Gasteiger partial charge in [-0.05, 0) is 309 Å². The van der Waals surface area contributed by atoms with Gasteiger partial charge in [-0.25, -0.2) is 8.78 Å². The first-order chi connectivity index (χ1) is 61.6. The molecule has 0 N–H and O–H groups in total. The molecule has 19 aromatic carbocycles. The molecule has 7 heteroatoms. The molecule has 0 saturated carbocycles. The molecule has 2 unspecified atom stereocenters. The Morgan fingerprint density at radius 2 is 0.576 bits per heavy atom. The van der Waals surface area contributed by atoms with Gasteiger partial charge in [0.1, 0.15) is 45.8 Å². The standard InChI is InChI=1S/C118H78F2N2O3/c1-3-77-29-58-101(59-30-77)123-103-62-42-91(43-63-103)117(89-38-46-93(119)47-39-89)111-27-13-11-25-105(111)107-66-55-99(75-113(107)117)121(95-50-33-81(34-51-95)85-23-15-21-83(69-85)79-17-7-5-8-18-79)97-54-37-87-73-116-109(72-88(87)71-97)110-74-98(57-68-115(110)125-116)122(96-52-35-82(36-53-96)86-24-16-22-84(70-86)80-19-9-6-10-20-80)100-56-67-108-106-26-12-14-28-112(106)118(114(108)76-100,90-40-48-94(120)49-41-90)92-44-64-104(65-45-92)124-102-60-31-78(4-2)32-61-102/h3-76H,1-2H2. The van der Waals surface area contributed by atoms with Crippen molar-refractivity contribution in [3.8, 4) is 89.8 Å². The first kappa shape index (κ1) is 75.0. The molecule has 0 bridgehead atoms. The second-order valence-corrected chi connectivity index (χ2v) is 32.2. The lowest BCUT2D eigenvalue weighted by Crippen LogP contribution is -2.28. The number of ether oxygens (including phenoxy) is 2. The molecule has 0 radical (unpaired) electrons. The van der Waals surface area contributed by atoms with Crippen molar-refractivity contribution in [1.29, 1.82) is 0 Å². The number of hydrogen-bond donors (Lipinski definition) is 0. The fraction of sp³-hybridized carbons (Fsp3) is 0.0169. The Morgan fingerprint density at radius 1 is 0.240 bits per heavy atom. The van der Waals surface area contributed by atoms with Crippen LogP contribution in [-0.2, 0) is 10.8 Å². The van der Waals surface area contributed by atoms with E-state index >= 15 is 8.78 Å². The van der Waals surface area contributed by atoms with Gasteiger partial charge in [-0.1, -0.05) is 286 Å². The first-order valence-corrected chi connectivity index (χ1v) is 42.1. The average Bonchev–Trinajstić information content (AvgIpc) is 1.54. The van der Waals surface area contributed by atoms with Crippen molar-refractivity contribution in [3.63, 3.8) is 0 Å². The monoisotopic (exact) mass is 1610 g/mol. The van der Waals surface area contributed by atoms with E-state index in [1.165, 1.54) is 0 Å². The van der Waals surface area contributed by atoms with Gasteiger partial charge >= 0.3 is 0 Å². The predicted octanol–water partition coefficient (Wildman–Crippen LogP) is 32.2. The Morgan fingerprint density at radius 3 is 1.01 bits per heavy atom. The molecule has 2 aliphatic rings. The average molecular weight is 1610 g/mol. The quantitative estimate of drug-likeness (QED) is 0.0760. The maximum atomic E-state index is 15.5. The van der Waals surface area contributed by atoms with Gasteiger partial charge in [0.05, 0.1) is 10.8 Å². The third kappa shape index (κ3) is 13.2. The number of furan rings is 1. The molecule has 22 rings (SSSR count). The normalized spacial score (nSPS) is 14.1. The highest BCUT2D eigenvalue weighted by Crippen LogP contribution is 2.60. The molecule has 20 aromatic rings. The van der Waals surface area contributed by atoms with E-state index in [0.717, 1.165) is 189 Å². The van der Waals surface area contributed by atoms with Gasteiger partial charge in [0, 0.05) is 44.9 Å². The van der Waals surface area contributed by atoms with Crippen LogP contribution in [0, 0.1) is 11.6 Å². The first-order valence-electron chi connectivity index (χ1n) is 42.1. The number of nitrogens with zero attached hydrogens (tertiary/aromatic N) is 2. The lowest BCUT2D eigenvalue weighted by molar-refractivity contribution is 0.482. The van der Waals surface area contributed by atoms with Gasteiger partial charge in [-0.2, -0.15) is 0 Å². The lowest BCUT2D eigenvalue weighted by Gasteiger charge is -2.35. The molecular weight excluding hydrogens is 1530 g/mol. The number of rotatable bonds is 20. The van der Waals surface area contributed by atoms with E-state index in [2.05, 4.69) is 338 Å². The summed E-state index contributed by atoms with van der Waals surface area (Å²) >= 11 is 0. The van der Waals surface area contributed by atoms with Crippen LogP contribution in [0.1, 0.15) is 55.6 Å². The minimum Gasteiger partial charge on any atom is -0.457 e. The second-order valence-electron chi connectivity index (χ2n) is 32.2. The number of anilines is 6. The summed E-state index contributed by atoms with van der Waals surface area (Å²) in [6, 6.07) is 152. The SMILES string of the molecule is C=Cc1ccc(Oc2ccc(C3(c4ccc(F)cc4)c4ccccc4-c4ccc(N(c5ccc(-c6cccc(-c7ccccc7)c6)cc5)c5ccc6cc7oc8ccc(N(c9ccc(-c%10cccc(-c%11ccccc%11)c%10)cc9)c9ccc%10c(c9)C(c9ccc(F)cc9)(c9ccc(Oc%11ccc(C=C)cc%11)cc9)c9ccccc9-%10)cc8c7cc6c5)cc43)cc2)cc1. The Hall–Kier alpha value is -16.2. The van der Waals surface area contributed by atoms with Crippen LogP contribution in [0.3, 0.4) is 0 Å². The smallest absolute Gasteiger partial charge is 0.136 e. The minimum atomic E-state index is -0.914. The zero-order valence-electron chi connectivity index (χ0n) is 68.0. The van der Waals surface area contributed by atoms with Gasteiger partial charge in [-0.15, -0.1) is 0 Å². The van der Waals surface area contributed by atoms with Crippen molar-refractivity contribution >= 4 is 79.0 Å². The summed E-state index contributed by atoms with van der Waals surface area (Å²) in [6.07, 6.45) is 3.64. The summed E-state index contributed by atoms with van der Waals surface area (Å²) in [4.78, 5) is 4.72. The molecule has 5 nitrogen and oxygen atoms in total. The summed E-state index contributed by atoms with van der Waals surface area (Å²) in [5.74, 6) is 2.17. The van der Waals surface area contributed by atoms with Crippen LogP contribution >= 0.6 is 0 Å². The zero-order chi connectivity index (χ0) is 83.7. The van der Waals surface area contributed by atoms with Crippen molar-refractivity contribution in [2.45, 2.75) is 10.8 Å². The maximum Gasteiger partial charge on any atom is 0.136 e. The van der Waals surface area contributed by atoms with Crippen molar-refractivity contribution < 1.29 is 22.7 Å². The molecule has 0 saturated heterocycles. The highest BCUT2D eigenvalue weighted by Gasteiger charge is 2.48. The van der Waals surface area contributed by atoms with Crippen LogP contribution in [0.15, 0.2) is 454 Å². The fourth-order valence-corrected chi connectivity index (χ4v) is 19.2. The summed E-state index contributed by atoms with van der Waals surface area (Å²) in [5.41, 5.74) is 28.7. The van der Waals surface area contributed by atoms with Crippen molar-refractivity contribution in [2.75, 3.05) is 9.80 Å². The van der Waals surface area contributed by atoms with Gasteiger partial charge in [0.2, 0.25) is 0 Å². The van der Waals surface area contributed by atoms with E-state index in [1.807, 2.05) is 109 Å². The van der Waals surface area contributed by atoms with Gasteiger partial charge in [-0.3, -0.25) is 0 Å². The summed E-state index contributed by atoms with van der Waals surface area (Å²) in [5, 5.41) is 3.92. The minimum absolute atomic E-state index is 0.313. The molecule has 0 amide bonds. The predicted molar refractivity (Wildman–Crippen MR) is 510 cm³/mol. The van der Waals surface area contributed by atoms with Crippen molar-refractivity contribution in [3.05, 3.63) is 517 Å². The zero-order valence-corrected chi connectivity index (χ0v) is 68.0. The second kappa shape index (κ2) is 31.1. The van der Waals surface area contributed by atoms with Crippen LogP contribution in [0.25, 0.3) is 112 Å². The molecule has 2 atom stereocenters. The maximum absolute atomic E-state index is 15.5. The van der Waals surface area contributed by atoms with Crippen molar-refractivity contribution in [2.24, 2.45) is 0 Å². The number of fused-ring (bicyclic) bond motifs is 10. The van der Waals surface area contributed by atoms with Gasteiger partial charge in [0.15, 0.2) is 0 Å². The van der Waals surface area contributed by atoms with Crippen LogP contribution in [0.4, 0.5) is 42.9 Å². The Labute approximate surface area is 724 Å². The highest BCUT2D eigenvalue weighted by molar-refractivity contribution is 6.12. The summed E-state index contributed by atoms with van der Waals surface area (Å²) in [7, 11) is 0. The van der Waals surface area contributed by atoms with E-state index in [0.29, 0.717) is 23.0 Å². The molecule has 0 fully saturated rings. The molecule has 0 aliphatic heterocycles. The highest BCUT2D eigenvalue weighted by atomic mass is 19.1. The number of hydrogen-bond acceptors (Lipinski definition) is 5. The fourth-order valence-electron chi connectivity index (χ4n) is 19.2. The Bertz CT molecular complexity index is 7540. The van der Waals surface area contributed by atoms with Gasteiger partial charge < -0.3 is 23.7 Å². The van der Waals surface area contributed by atoms with E-state index in [-0.39, 0.29) is 11.6 Å². The largest absolute Gasteiger partial charge is 0.457 e. The molecule has 1 aromatic heterocycles. The Balaban J connectivity index is 0.699. The summed E-state index contributed by atoms with van der Waals surface area (Å²) in [6.45, 7) is 7.89. The van der Waals surface area contributed by atoms with E-state index in [4.69, 9.17) is 13.9 Å². The summed E-state index contributed by atoms with van der Waals surface area (Å²) < 4.78 is 51.1.